The molecule has 2 unspecified atom stereocenters. The van der Waals surface area contributed by atoms with Gasteiger partial charge in [-0.05, 0) is 43.4 Å². The van der Waals surface area contributed by atoms with Crippen LogP contribution in [-0.2, 0) is 9.47 Å². The minimum atomic E-state index is -0.678. The maximum atomic E-state index is 12.2. The molecule has 0 aliphatic heterocycles. The Balaban J connectivity index is 2.13. The van der Waals surface area contributed by atoms with E-state index in [1.807, 2.05) is 54.6 Å². The number of nitroso groups, excluding NO2 is 1. The van der Waals surface area contributed by atoms with Gasteiger partial charge in [0, 0.05) is 6.54 Å². The van der Waals surface area contributed by atoms with Gasteiger partial charge in [0.2, 0.25) is 0 Å². The zero-order valence-electron chi connectivity index (χ0n) is 19.3. The number of amides is 2. The molecule has 0 aliphatic carbocycles. The molecular formula is C25H33N3O5. The molecule has 0 aromatic heterocycles. The summed E-state index contributed by atoms with van der Waals surface area (Å²) in [6, 6.07) is 15.9. The van der Waals surface area contributed by atoms with E-state index in [-0.39, 0.29) is 12.6 Å². The van der Waals surface area contributed by atoms with Gasteiger partial charge in [-0.1, -0.05) is 72.6 Å². The van der Waals surface area contributed by atoms with Crippen molar-refractivity contribution in [2.24, 2.45) is 5.18 Å². The fourth-order valence-corrected chi connectivity index (χ4v) is 3.65. The zero-order chi connectivity index (χ0) is 23.9. The molecule has 2 aromatic rings. The number of unbranched alkanes of at least 4 members (excludes halogenated alkanes) is 2. The normalized spacial score (nSPS) is 12.3. The molecule has 0 heterocycles. The Morgan fingerprint density at radius 3 is 2.15 bits per heavy atom. The third-order valence-electron chi connectivity index (χ3n) is 5.17. The van der Waals surface area contributed by atoms with Gasteiger partial charge in [0.05, 0.1) is 19.3 Å². The maximum absolute atomic E-state index is 12.2. The molecule has 8 heteroatoms. The molecule has 178 valence electrons. The molecule has 0 saturated heterocycles. The van der Waals surface area contributed by atoms with Crippen LogP contribution in [0.3, 0.4) is 0 Å². The molecule has 0 saturated carbocycles. The van der Waals surface area contributed by atoms with E-state index >= 15 is 0 Å². The van der Waals surface area contributed by atoms with E-state index in [9.17, 15) is 14.5 Å². The van der Waals surface area contributed by atoms with Crippen molar-refractivity contribution in [3.05, 3.63) is 76.2 Å². The molecule has 33 heavy (non-hydrogen) atoms. The summed E-state index contributed by atoms with van der Waals surface area (Å²) in [5.41, 5.74) is 2.38. The molecule has 2 amide bonds. The van der Waals surface area contributed by atoms with Crippen molar-refractivity contribution in [3.8, 4) is 0 Å². The lowest BCUT2D eigenvalue weighted by Crippen LogP contribution is -2.30. The highest BCUT2D eigenvalue weighted by Gasteiger charge is 2.24. The molecule has 8 nitrogen and oxygen atoms in total. The van der Waals surface area contributed by atoms with Crippen molar-refractivity contribution in [2.45, 2.75) is 51.6 Å². The number of hydrogen-bond acceptors (Lipinski definition) is 6. The van der Waals surface area contributed by atoms with E-state index in [0.29, 0.717) is 19.6 Å². The minimum Gasteiger partial charge on any atom is -0.450 e. The largest absolute Gasteiger partial charge is 0.450 e. The van der Waals surface area contributed by atoms with Gasteiger partial charge in [0.1, 0.15) is 6.04 Å². The fraction of sp³-hybridized carbons (Fsp3) is 0.440. The Morgan fingerprint density at radius 1 is 0.848 bits per heavy atom. The quantitative estimate of drug-likeness (QED) is 0.300. The van der Waals surface area contributed by atoms with Gasteiger partial charge in [-0.2, -0.15) is 0 Å². The molecule has 0 spiro atoms. The fourth-order valence-electron chi connectivity index (χ4n) is 3.65. The highest BCUT2D eigenvalue weighted by molar-refractivity contribution is 5.68. The first kappa shape index (κ1) is 25.8. The summed E-state index contributed by atoms with van der Waals surface area (Å²) in [6.45, 7) is 4.64. The van der Waals surface area contributed by atoms with Crippen LogP contribution in [0.15, 0.2) is 59.8 Å². The van der Waals surface area contributed by atoms with Crippen molar-refractivity contribution in [2.75, 3.05) is 19.8 Å². The third-order valence-corrected chi connectivity index (χ3v) is 5.17. The summed E-state index contributed by atoms with van der Waals surface area (Å²) in [6.07, 6.45) is 2.17. The van der Waals surface area contributed by atoms with Gasteiger partial charge >= 0.3 is 12.2 Å². The number of ether oxygens (including phenoxy) is 2. The zero-order valence-corrected chi connectivity index (χ0v) is 19.3. The smallest absolute Gasteiger partial charge is 0.407 e. The summed E-state index contributed by atoms with van der Waals surface area (Å²) in [4.78, 5) is 35.4. The minimum absolute atomic E-state index is 0.266. The Morgan fingerprint density at radius 2 is 1.48 bits per heavy atom. The van der Waals surface area contributed by atoms with E-state index in [0.717, 1.165) is 36.0 Å². The van der Waals surface area contributed by atoms with Crippen LogP contribution in [0.2, 0.25) is 0 Å². The van der Waals surface area contributed by atoms with Crippen molar-refractivity contribution in [1.29, 1.82) is 0 Å². The number of carbonyl (C=O) groups excluding carboxylic acids is 2. The SMILES string of the molecule is CCOC(=O)NCCCCCC(NC(=O)OCC)c1ccccc1C(N=O)c1ccccc1. The Hall–Kier alpha value is -3.42. The van der Waals surface area contributed by atoms with E-state index in [4.69, 9.17) is 9.47 Å². The predicted octanol–water partition coefficient (Wildman–Crippen LogP) is 5.64. The average molecular weight is 456 g/mol. The lowest BCUT2D eigenvalue weighted by atomic mass is 9.89. The first-order chi connectivity index (χ1) is 16.1. The molecule has 0 fully saturated rings. The van der Waals surface area contributed by atoms with Crippen LogP contribution in [0.1, 0.15) is 68.3 Å². The van der Waals surface area contributed by atoms with Crippen LogP contribution in [0.5, 0.6) is 0 Å². The summed E-state index contributed by atoms with van der Waals surface area (Å²) in [5.74, 6) is 0. The van der Waals surface area contributed by atoms with Gasteiger partial charge < -0.3 is 20.1 Å². The monoisotopic (exact) mass is 455 g/mol. The molecule has 2 N–H and O–H groups in total. The highest BCUT2D eigenvalue weighted by atomic mass is 16.6. The van der Waals surface area contributed by atoms with E-state index in [1.165, 1.54) is 0 Å². The maximum Gasteiger partial charge on any atom is 0.407 e. The second-order valence-corrected chi connectivity index (χ2v) is 7.46. The number of rotatable bonds is 13. The number of benzene rings is 2. The molecule has 0 aliphatic rings. The van der Waals surface area contributed by atoms with Crippen LogP contribution >= 0.6 is 0 Å². The van der Waals surface area contributed by atoms with E-state index < -0.39 is 18.2 Å². The summed E-state index contributed by atoms with van der Waals surface area (Å²) in [5, 5.41) is 9.03. The summed E-state index contributed by atoms with van der Waals surface area (Å²) < 4.78 is 9.95. The van der Waals surface area contributed by atoms with Crippen molar-refractivity contribution in [3.63, 3.8) is 0 Å². The third kappa shape index (κ3) is 8.56. The van der Waals surface area contributed by atoms with Gasteiger partial charge in [-0.3, -0.25) is 0 Å². The van der Waals surface area contributed by atoms with Crippen molar-refractivity contribution >= 4 is 12.2 Å². The lowest BCUT2D eigenvalue weighted by Gasteiger charge is -2.23. The van der Waals surface area contributed by atoms with Crippen LogP contribution < -0.4 is 10.6 Å². The van der Waals surface area contributed by atoms with Crippen LogP contribution in [0.4, 0.5) is 9.59 Å². The van der Waals surface area contributed by atoms with Gasteiger partial charge in [-0.25, -0.2) is 9.59 Å². The van der Waals surface area contributed by atoms with Gasteiger partial charge in [0.15, 0.2) is 0 Å². The summed E-state index contributed by atoms with van der Waals surface area (Å²) >= 11 is 0. The molecule has 0 bridgehead atoms. The molecule has 2 aromatic carbocycles. The van der Waals surface area contributed by atoms with Crippen LogP contribution in [-0.4, -0.2) is 31.9 Å². The second-order valence-electron chi connectivity index (χ2n) is 7.46. The Labute approximate surface area is 195 Å². The topological polar surface area (TPSA) is 106 Å². The van der Waals surface area contributed by atoms with E-state index in [2.05, 4.69) is 15.8 Å². The first-order valence-corrected chi connectivity index (χ1v) is 11.4. The standard InChI is InChI=1S/C25H33N3O5/c1-3-32-24(29)26-18-12-6-9-17-22(27-25(30)33-4-2)20-15-10-11-16-21(20)23(28-31)19-13-7-5-8-14-19/h5,7-8,10-11,13-16,22-23H,3-4,6,9,12,17-18H2,1-2H3,(H,26,29)(H,27,30). The number of carbonyl (C=O) groups is 2. The number of hydrogen-bond donors (Lipinski definition) is 2. The van der Waals surface area contributed by atoms with Crippen LogP contribution in [0.25, 0.3) is 0 Å². The lowest BCUT2D eigenvalue weighted by molar-refractivity contribution is 0.146. The molecule has 0 radical (unpaired) electrons. The van der Waals surface area contributed by atoms with Crippen LogP contribution in [0, 0.1) is 4.91 Å². The second kappa shape index (κ2) is 14.6. The molecule has 2 rings (SSSR count). The van der Waals surface area contributed by atoms with Gasteiger partial charge in [0.25, 0.3) is 0 Å². The molecular weight excluding hydrogens is 422 g/mol. The molecule has 2 atom stereocenters. The summed E-state index contributed by atoms with van der Waals surface area (Å²) in [7, 11) is 0. The Bertz CT molecular complexity index is 875. The highest BCUT2D eigenvalue weighted by Crippen LogP contribution is 2.33. The average Bonchev–Trinajstić information content (AvgIpc) is 2.82. The number of nitrogens with zero attached hydrogens (tertiary/aromatic N) is 1. The number of alkyl carbamates (subject to hydrolysis) is 2. The van der Waals surface area contributed by atoms with E-state index in [1.54, 1.807) is 13.8 Å². The van der Waals surface area contributed by atoms with Crippen molar-refractivity contribution in [1.82, 2.24) is 10.6 Å². The predicted molar refractivity (Wildman–Crippen MR) is 127 cm³/mol. The van der Waals surface area contributed by atoms with Gasteiger partial charge in [-0.15, -0.1) is 4.91 Å². The first-order valence-electron chi connectivity index (χ1n) is 11.4. The van der Waals surface area contributed by atoms with Crippen molar-refractivity contribution < 1.29 is 19.1 Å². The Kier molecular flexibility index (Phi) is 11.4. The number of nitrogens with one attached hydrogen (secondary N) is 2.